The highest BCUT2D eigenvalue weighted by atomic mass is 32.1. The molecule has 6 nitrogen and oxygen atoms in total. The van der Waals surface area contributed by atoms with Crippen LogP contribution in [0.1, 0.15) is 31.9 Å². The standard InChI is InChI=1S/C16H22F3N5OS/c1-2-3-12-8-13(25)24-15(21-12)26-14(22-24)20-9-11-4-6-23(7-5-11)10-16(17,18)19/h8,11H,2-7,9-10H2,1H3,(H,20,22). The van der Waals surface area contributed by atoms with E-state index in [1.807, 2.05) is 6.92 Å². The van der Waals surface area contributed by atoms with Crippen LogP contribution in [-0.2, 0) is 6.42 Å². The summed E-state index contributed by atoms with van der Waals surface area (Å²) in [6.45, 7) is 2.74. The molecular weight excluding hydrogens is 367 g/mol. The number of aryl methyl sites for hydroxylation is 1. The summed E-state index contributed by atoms with van der Waals surface area (Å²) >= 11 is 1.32. The molecule has 1 fully saturated rings. The van der Waals surface area contributed by atoms with Crippen LogP contribution in [0.4, 0.5) is 18.3 Å². The van der Waals surface area contributed by atoms with Gasteiger partial charge in [-0.2, -0.15) is 17.7 Å². The molecule has 144 valence electrons. The van der Waals surface area contributed by atoms with Crippen molar-refractivity contribution in [1.29, 1.82) is 0 Å². The van der Waals surface area contributed by atoms with E-state index in [1.165, 1.54) is 26.8 Å². The van der Waals surface area contributed by atoms with Gasteiger partial charge < -0.3 is 5.32 Å². The van der Waals surface area contributed by atoms with Crippen LogP contribution < -0.4 is 10.9 Å². The minimum absolute atomic E-state index is 0.191. The number of rotatable bonds is 6. The predicted octanol–water partition coefficient (Wildman–Crippen LogP) is 2.79. The fourth-order valence-corrected chi connectivity index (χ4v) is 3.98. The third-order valence-electron chi connectivity index (χ3n) is 4.46. The fourth-order valence-electron chi connectivity index (χ4n) is 3.15. The van der Waals surface area contributed by atoms with Gasteiger partial charge in [0.25, 0.3) is 5.56 Å². The van der Waals surface area contributed by atoms with Gasteiger partial charge in [0.1, 0.15) is 0 Å². The van der Waals surface area contributed by atoms with Gasteiger partial charge in [0, 0.05) is 18.3 Å². The number of hydrogen-bond acceptors (Lipinski definition) is 6. The van der Waals surface area contributed by atoms with E-state index in [0.29, 0.717) is 48.5 Å². The molecule has 10 heteroatoms. The lowest BCUT2D eigenvalue weighted by Gasteiger charge is -2.32. The van der Waals surface area contributed by atoms with Gasteiger partial charge in [-0.1, -0.05) is 24.7 Å². The molecule has 0 spiro atoms. The lowest BCUT2D eigenvalue weighted by Crippen LogP contribution is -2.41. The second-order valence-electron chi connectivity index (χ2n) is 6.65. The lowest BCUT2D eigenvalue weighted by atomic mass is 9.97. The van der Waals surface area contributed by atoms with Crippen LogP contribution in [0.3, 0.4) is 0 Å². The molecule has 0 saturated carbocycles. The zero-order valence-electron chi connectivity index (χ0n) is 14.6. The summed E-state index contributed by atoms with van der Waals surface area (Å²) in [5.41, 5.74) is 0.577. The molecule has 1 aliphatic heterocycles. The molecule has 1 saturated heterocycles. The average Bonchev–Trinajstić information content (AvgIpc) is 2.97. The van der Waals surface area contributed by atoms with Crippen molar-refractivity contribution in [3.8, 4) is 0 Å². The molecule has 3 heterocycles. The Morgan fingerprint density at radius 2 is 2.08 bits per heavy atom. The van der Waals surface area contributed by atoms with E-state index >= 15 is 0 Å². The maximum Gasteiger partial charge on any atom is 0.401 e. The number of piperidine rings is 1. The first-order valence-corrected chi connectivity index (χ1v) is 9.58. The maximum absolute atomic E-state index is 12.4. The van der Waals surface area contributed by atoms with Gasteiger partial charge in [0.2, 0.25) is 10.1 Å². The number of alkyl halides is 3. The second-order valence-corrected chi connectivity index (χ2v) is 7.61. The van der Waals surface area contributed by atoms with Crippen molar-refractivity contribution in [2.24, 2.45) is 5.92 Å². The number of aromatic nitrogens is 3. The van der Waals surface area contributed by atoms with Crippen LogP contribution in [0.2, 0.25) is 0 Å². The Bertz CT molecular complexity index is 795. The van der Waals surface area contributed by atoms with E-state index in [4.69, 9.17) is 0 Å². The summed E-state index contributed by atoms with van der Waals surface area (Å²) in [6, 6.07) is 1.51. The largest absolute Gasteiger partial charge is 0.401 e. The zero-order valence-corrected chi connectivity index (χ0v) is 15.4. The number of nitrogens with zero attached hydrogens (tertiary/aromatic N) is 4. The maximum atomic E-state index is 12.4. The van der Waals surface area contributed by atoms with E-state index < -0.39 is 12.7 Å². The molecule has 2 aromatic rings. The number of halogens is 3. The minimum atomic E-state index is -4.14. The van der Waals surface area contributed by atoms with Crippen LogP contribution in [-0.4, -0.2) is 51.9 Å². The predicted molar refractivity (Wildman–Crippen MR) is 94.8 cm³/mol. The van der Waals surface area contributed by atoms with Crippen molar-refractivity contribution >= 4 is 21.4 Å². The number of likely N-dealkylation sites (tertiary alicyclic amines) is 1. The van der Waals surface area contributed by atoms with Crippen molar-refractivity contribution in [3.63, 3.8) is 0 Å². The Morgan fingerprint density at radius 1 is 1.35 bits per heavy atom. The van der Waals surface area contributed by atoms with E-state index in [9.17, 15) is 18.0 Å². The Hall–Kier alpha value is -1.68. The zero-order chi connectivity index (χ0) is 18.7. The summed E-state index contributed by atoms with van der Waals surface area (Å²) in [5, 5.41) is 8.08. The summed E-state index contributed by atoms with van der Waals surface area (Å²) in [7, 11) is 0. The molecule has 0 amide bonds. The van der Waals surface area contributed by atoms with E-state index in [2.05, 4.69) is 15.4 Å². The van der Waals surface area contributed by atoms with Crippen LogP contribution in [0, 0.1) is 5.92 Å². The Labute approximate surface area is 153 Å². The minimum Gasteiger partial charge on any atom is -0.360 e. The van der Waals surface area contributed by atoms with Crippen LogP contribution in [0.15, 0.2) is 10.9 Å². The molecule has 0 aliphatic carbocycles. The molecule has 0 bridgehead atoms. The lowest BCUT2D eigenvalue weighted by molar-refractivity contribution is -0.148. The monoisotopic (exact) mass is 389 g/mol. The molecule has 1 aliphatic rings. The third-order valence-corrected chi connectivity index (χ3v) is 5.32. The van der Waals surface area contributed by atoms with Crippen molar-refractivity contribution in [3.05, 3.63) is 22.1 Å². The van der Waals surface area contributed by atoms with Gasteiger partial charge in [0.05, 0.1) is 6.54 Å². The smallest absolute Gasteiger partial charge is 0.360 e. The molecule has 0 unspecified atom stereocenters. The normalized spacial score (nSPS) is 17.1. The Morgan fingerprint density at radius 3 is 2.73 bits per heavy atom. The first-order valence-electron chi connectivity index (χ1n) is 8.77. The van der Waals surface area contributed by atoms with Gasteiger partial charge in [-0.05, 0) is 38.3 Å². The highest BCUT2D eigenvalue weighted by molar-refractivity contribution is 7.20. The van der Waals surface area contributed by atoms with Gasteiger partial charge in [0.15, 0.2) is 0 Å². The fraction of sp³-hybridized carbons (Fsp3) is 0.688. The summed E-state index contributed by atoms with van der Waals surface area (Å²) in [6.07, 6.45) is -1.04. The molecular formula is C16H22F3N5OS. The number of nitrogens with one attached hydrogen (secondary N) is 1. The number of fused-ring (bicyclic) bond motifs is 1. The van der Waals surface area contributed by atoms with Crippen molar-refractivity contribution in [2.45, 2.75) is 38.8 Å². The molecule has 0 atom stereocenters. The van der Waals surface area contributed by atoms with E-state index in [-0.39, 0.29) is 5.56 Å². The first-order chi connectivity index (χ1) is 12.3. The topological polar surface area (TPSA) is 62.5 Å². The van der Waals surface area contributed by atoms with Crippen molar-refractivity contribution in [1.82, 2.24) is 19.5 Å². The number of hydrogen-bond donors (Lipinski definition) is 1. The summed E-state index contributed by atoms with van der Waals surface area (Å²) in [4.78, 5) is 18.5. The molecule has 26 heavy (non-hydrogen) atoms. The van der Waals surface area contributed by atoms with E-state index in [0.717, 1.165) is 18.5 Å². The molecule has 0 aromatic carbocycles. The average molecular weight is 389 g/mol. The van der Waals surface area contributed by atoms with Crippen LogP contribution >= 0.6 is 11.3 Å². The van der Waals surface area contributed by atoms with Gasteiger partial charge >= 0.3 is 6.18 Å². The van der Waals surface area contributed by atoms with Crippen molar-refractivity contribution < 1.29 is 13.2 Å². The van der Waals surface area contributed by atoms with Crippen LogP contribution in [0.5, 0.6) is 0 Å². The molecule has 1 N–H and O–H groups in total. The summed E-state index contributed by atoms with van der Waals surface area (Å²) < 4.78 is 38.6. The molecule has 0 radical (unpaired) electrons. The SMILES string of the molecule is CCCc1cc(=O)n2nc(NCC3CCN(CC(F)(F)F)CC3)sc2n1. The Kier molecular flexibility index (Phi) is 5.81. The Balaban J connectivity index is 1.55. The van der Waals surface area contributed by atoms with E-state index in [1.54, 1.807) is 0 Å². The molecule has 3 rings (SSSR count). The summed E-state index contributed by atoms with van der Waals surface area (Å²) in [5.74, 6) is 0.298. The van der Waals surface area contributed by atoms with Gasteiger partial charge in [-0.15, -0.1) is 5.10 Å². The highest BCUT2D eigenvalue weighted by Crippen LogP contribution is 2.24. The van der Waals surface area contributed by atoms with Gasteiger partial charge in [-0.25, -0.2) is 4.98 Å². The number of anilines is 1. The van der Waals surface area contributed by atoms with Crippen LogP contribution in [0.25, 0.3) is 4.96 Å². The second kappa shape index (κ2) is 7.91. The third kappa shape index (κ3) is 4.94. The first kappa shape index (κ1) is 19.1. The van der Waals surface area contributed by atoms with Crippen molar-refractivity contribution in [2.75, 3.05) is 31.5 Å². The highest BCUT2D eigenvalue weighted by Gasteiger charge is 2.32. The quantitative estimate of drug-likeness (QED) is 0.823. The molecule has 2 aromatic heterocycles. The van der Waals surface area contributed by atoms with Gasteiger partial charge in [-0.3, -0.25) is 9.69 Å².